The highest BCUT2D eigenvalue weighted by atomic mass is 19.4. The molecule has 0 saturated heterocycles. The molecule has 168 valence electrons. The summed E-state index contributed by atoms with van der Waals surface area (Å²) in [5.41, 5.74) is -0.527. The van der Waals surface area contributed by atoms with Gasteiger partial charge in [0.2, 0.25) is 0 Å². The molecule has 5 heteroatoms. The summed E-state index contributed by atoms with van der Waals surface area (Å²) in [5, 5.41) is 0. The number of allylic oxidation sites excluding steroid dienone is 2. The highest BCUT2D eigenvalue weighted by Crippen LogP contribution is 2.42. The zero-order valence-corrected chi connectivity index (χ0v) is 17.6. The van der Waals surface area contributed by atoms with Crippen molar-refractivity contribution < 1.29 is 22.0 Å². The lowest BCUT2D eigenvalue weighted by Crippen LogP contribution is -2.25. The maximum Gasteiger partial charge on any atom is 0.419 e. The molecule has 0 bridgehead atoms. The molecule has 0 unspecified atom stereocenters. The molecule has 0 N–H and O–H groups in total. The van der Waals surface area contributed by atoms with Crippen LogP contribution in [0.25, 0.3) is 0 Å². The van der Waals surface area contributed by atoms with Gasteiger partial charge in [-0.1, -0.05) is 31.1 Å². The second-order valence-corrected chi connectivity index (χ2v) is 9.21. The quantitative estimate of drug-likeness (QED) is 0.303. The third-order valence-electron chi connectivity index (χ3n) is 7.24. The van der Waals surface area contributed by atoms with E-state index in [1.807, 2.05) is 6.08 Å². The maximum atomic E-state index is 13.7. The van der Waals surface area contributed by atoms with Crippen molar-refractivity contribution in [1.29, 1.82) is 0 Å². The molecule has 3 rings (SSSR count). The average Bonchev–Trinajstić information content (AvgIpc) is 2.72. The molecule has 1 aromatic rings. The summed E-state index contributed by atoms with van der Waals surface area (Å²) < 4.78 is 64.0. The third kappa shape index (κ3) is 6.55. The summed E-state index contributed by atoms with van der Waals surface area (Å²) >= 11 is 0. The second kappa shape index (κ2) is 10.8. The molecule has 0 amide bonds. The molecular weight excluding hydrogens is 395 g/mol. The van der Waals surface area contributed by atoms with Gasteiger partial charge in [-0.25, -0.2) is 4.39 Å². The lowest BCUT2D eigenvalue weighted by atomic mass is 9.68. The van der Waals surface area contributed by atoms with Gasteiger partial charge in [0.15, 0.2) is 0 Å². The minimum Gasteiger partial charge on any atom is -0.251 e. The van der Waals surface area contributed by atoms with E-state index < -0.39 is 17.6 Å². The van der Waals surface area contributed by atoms with E-state index in [1.54, 1.807) is 0 Å². The molecule has 0 radical (unpaired) electrons. The fraction of sp³-hybridized carbons (Fsp3) is 0.680. The molecular formula is C25H33F5. The molecule has 2 aliphatic rings. The van der Waals surface area contributed by atoms with E-state index in [-0.39, 0.29) is 6.67 Å². The predicted molar refractivity (Wildman–Crippen MR) is 110 cm³/mol. The van der Waals surface area contributed by atoms with Gasteiger partial charge in [0.05, 0.1) is 12.2 Å². The number of hydrogen-bond donors (Lipinski definition) is 0. The van der Waals surface area contributed by atoms with Gasteiger partial charge >= 0.3 is 6.18 Å². The largest absolute Gasteiger partial charge is 0.419 e. The van der Waals surface area contributed by atoms with Gasteiger partial charge in [-0.15, -0.1) is 0 Å². The monoisotopic (exact) mass is 428 g/mol. The number of hydrogen-bond acceptors (Lipinski definition) is 0. The zero-order valence-electron chi connectivity index (χ0n) is 17.6. The topological polar surface area (TPSA) is 0 Å². The lowest BCUT2D eigenvalue weighted by molar-refractivity contribution is -0.140. The first kappa shape index (κ1) is 23.3. The van der Waals surface area contributed by atoms with Crippen LogP contribution in [0.15, 0.2) is 30.4 Å². The van der Waals surface area contributed by atoms with Gasteiger partial charge in [-0.2, -0.15) is 13.2 Å². The van der Waals surface area contributed by atoms with Crippen molar-refractivity contribution in [1.82, 2.24) is 0 Å². The summed E-state index contributed by atoms with van der Waals surface area (Å²) in [6.07, 6.45) is 11.4. The van der Waals surface area contributed by atoms with E-state index in [1.165, 1.54) is 57.4 Å². The summed E-state index contributed by atoms with van der Waals surface area (Å²) in [5.74, 6) is 1.64. The second-order valence-electron chi connectivity index (χ2n) is 9.21. The molecule has 30 heavy (non-hydrogen) atoms. The van der Waals surface area contributed by atoms with Crippen LogP contribution in [0.4, 0.5) is 22.0 Å². The average molecular weight is 429 g/mol. The van der Waals surface area contributed by atoms with Crippen molar-refractivity contribution in [2.45, 2.75) is 76.8 Å². The SMILES string of the molecule is FCC/C=C/C1CCC(C2CCC(CCc3ccc(C(F)(F)F)c(F)c3)CC2)CC1. The molecule has 1 aromatic carbocycles. The van der Waals surface area contributed by atoms with Crippen LogP contribution in [0.2, 0.25) is 0 Å². The van der Waals surface area contributed by atoms with Crippen molar-refractivity contribution >= 4 is 0 Å². The van der Waals surface area contributed by atoms with E-state index >= 15 is 0 Å². The number of rotatable bonds is 7. The van der Waals surface area contributed by atoms with Crippen molar-refractivity contribution in [2.75, 3.05) is 6.67 Å². The van der Waals surface area contributed by atoms with Gasteiger partial charge in [-0.05, 0) is 99.2 Å². The Balaban J connectivity index is 1.39. The first-order chi connectivity index (χ1) is 14.4. The fourth-order valence-corrected chi connectivity index (χ4v) is 5.42. The zero-order chi connectivity index (χ0) is 21.6. The maximum absolute atomic E-state index is 13.7. The van der Waals surface area contributed by atoms with E-state index in [2.05, 4.69) is 6.08 Å². The molecule has 0 nitrogen and oxygen atoms in total. The smallest absolute Gasteiger partial charge is 0.251 e. The molecule has 0 heterocycles. The summed E-state index contributed by atoms with van der Waals surface area (Å²) in [6.45, 7) is -0.275. The Hall–Kier alpha value is -1.39. The van der Waals surface area contributed by atoms with Gasteiger partial charge in [0.1, 0.15) is 5.82 Å². The molecule has 0 atom stereocenters. The number of halogens is 5. The van der Waals surface area contributed by atoms with Crippen LogP contribution in [0.5, 0.6) is 0 Å². The number of alkyl halides is 4. The van der Waals surface area contributed by atoms with E-state index in [0.29, 0.717) is 30.2 Å². The summed E-state index contributed by atoms with van der Waals surface area (Å²) in [6, 6.07) is 3.33. The van der Waals surface area contributed by atoms with Crippen molar-refractivity contribution in [2.24, 2.45) is 23.7 Å². The summed E-state index contributed by atoms with van der Waals surface area (Å²) in [7, 11) is 0. The predicted octanol–water partition coefficient (Wildman–Crippen LogP) is 8.31. The van der Waals surface area contributed by atoms with Crippen LogP contribution in [-0.4, -0.2) is 6.67 Å². The third-order valence-corrected chi connectivity index (χ3v) is 7.24. The van der Waals surface area contributed by atoms with Crippen molar-refractivity contribution in [3.63, 3.8) is 0 Å². The molecule has 0 spiro atoms. The lowest BCUT2D eigenvalue weighted by Gasteiger charge is -2.37. The van der Waals surface area contributed by atoms with Crippen LogP contribution in [0.3, 0.4) is 0 Å². The van der Waals surface area contributed by atoms with Gasteiger partial charge < -0.3 is 0 Å². The minimum absolute atomic E-state index is 0.275. The van der Waals surface area contributed by atoms with Crippen LogP contribution < -0.4 is 0 Å². The standard InChI is InChI=1S/C25H33F5/c26-16-2-1-3-18-6-11-21(12-7-18)22-13-8-19(9-14-22)4-5-20-10-15-23(24(27)17-20)25(28,29)30/h1,3,10,15,17-19,21-22H,2,4-9,11-14,16H2/b3-1+. The highest BCUT2D eigenvalue weighted by molar-refractivity contribution is 5.26. The molecule has 0 aromatic heterocycles. The van der Waals surface area contributed by atoms with Gasteiger partial charge in [-0.3, -0.25) is 4.39 Å². The van der Waals surface area contributed by atoms with Crippen molar-refractivity contribution in [3.05, 3.63) is 47.3 Å². The summed E-state index contributed by atoms with van der Waals surface area (Å²) in [4.78, 5) is 0. The van der Waals surface area contributed by atoms with Crippen LogP contribution in [0.1, 0.15) is 75.3 Å². The van der Waals surface area contributed by atoms with Gasteiger partial charge in [0, 0.05) is 0 Å². The number of benzene rings is 1. The highest BCUT2D eigenvalue weighted by Gasteiger charge is 2.34. The normalized spacial score (nSPS) is 28.2. The Bertz CT molecular complexity index is 677. The molecule has 2 aliphatic carbocycles. The Kier molecular flexibility index (Phi) is 8.35. The Morgan fingerprint density at radius 3 is 2.10 bits per heavy atom. The minimum atomic E-state index is -4.63. The first-order valence-electron chi connectivity index (χ1n) is 11.4. The molecule has 0 aliphatic heterocycles. The van der Waals surface area contributed by atoms with Crippen LogP contribution in [-0.2, 0) is 12.6 Å². The Morgan fingerprint density at radius 1 is 0.900 bits per heavy atom. The molecule has 2 saturated carbocycles. The number of aryl methyl sites for hydroxylation is 1. The fourth-order valence-electron chi connectivity index (χ4n) is 5.42. The van der Waals surface area contributed by atoms with E-state index in [9.17, 15) is 22.0 Å². The van der Waals surface area contributed by atoms with E-state index in [0.717, 1.165) is 30.4 Å². The van der Waals surface area contributed by atoms with Gasteiger partial charge in [0.25, 0.3) is 0 Å². The first-order valence-corrected chi connectivity index (χ1v) is 11.4. The van der Waals surface area contributed by atoms with Crippen molar-refractivity contribution in [3.8, 4) is 0 Å². The van der Waals surface area contributed by atoms with Crippen LogP contribution in [0, 0.1) is 29.5 Å². The Labute approximate surface area is 176 Å². The molecule has 2 fully saturated rings. The Morgan fingerprint density at radius 2 is 1.53 bits per heavy atom. The van der Waals surface area contributed by atoms with Crippen LogP contribution >= 0.6 is 0 Å². The van der Waals surface area contributed by atoms with E-state index in [4.69, 9.17) is 0 Å².